The van der Waals surface area contributed by atoms with Crippen molar-refractivity contribution in [1.82, 2.24) is 10.3 Å². The number of halogens is 2. The van der Waals surface area contributed by atoms with E-state index in [-0.39, 0.29) is 23.1 Å². The number of rotatable bonds is 7. The van der Waals surface area contributed by atoms with Gasteiger partial charge < -0.3 is 14.5 Å². The van der Waals surface area contributed by atoms with E-state index < -0.39 is 39.3 Å². The van der Waals surface area contributed by atoms with Gasteiger partial charge in [-0.3, -0.25) is 9.52 Å². The van der Waals surface area contributed by atoms with Gasteiger partial charge in [-0.1, -0.05) is 6.07 Å². The Morgan fingerprint density at radius 2 is 1.94 bits per heavy atom. The average molecular weight is 462 g/mol. The SMILES string of the molecule is C[C@@H](NC(=O)c1coc(Oc2cccc(C#N)c2)n1)c1cc(F)c(NS(C)(=O)=O)c(F)c1. The highest BCUT2D eigenvalue weighted by Gasteiger charge is 2.20. The maximum atomic E-state index is 14.2. The number of hydrogen-bond donors (Lipinski definition) is 2. The van der Waals surface area contributed by atoms with E-state index in [9.17, 15) is 22.0 Å². The second-order valence-electron chi connectivity index (χ2n) is 6.67. The number of hydrogen-bond acceptors (Lipinski definition) is 7. The maximum absolute atomic E-state index is 14.2. The first-order valence-electron chi connectivity index (χ1n) is 8.97. The number of anilines is 1. The van der Waals surface area contributed by atoms with E-state index in [2.05, 4.69) is 10.3 Å². The summed E-state index contributed by atoms with van der Waals surface area (Å²) in [5, 5.41) is 11.4. The second kappa shape index (κ2) is 9.03. The van der Waals surface area contributed by atoms with Gasteiger partial charge >= 0.3 is 6.08 Å². The summed E-state index contributed by atoms with van der Waals surface area (Å²) < 4.78 is 63.0. The van der Waals surface area contributed by atoms with Gasteiger partial charge in [0.15, 0.2) is 17.3 Å². The van der Waals surface area contributed by atoms with Gasteiger partial charge in [-0.2, -0.15) is 10.2 Å². The lowest BCUT2D eigenvalue weighted by Crippen LogP contribution is -2.27. The molecule has 0 bridgehead atoms. The summed E-state index contributed by atoms with van der Waals surface area (Å²) >= 11 is 0. The molecule has 0 radical (unpaired) electrons. The van der Waals surface area contributed by atoms with Crippen molar-refractivity contribution in [2.75, 3.05) is 11.0 Å². The minimum atomic E-state index is -3.88. The summed E-state index contributed by atoms with van der Waals surface area (Å²) in [7, 11) is -3.88. The summed E-state index contributed by atoms with van der Waals surface area (Å²) in [6.45, 7) is 1.47. The van der Waals surface area contributed by atoms with Crippen LogP contribution >= 0.6 is 0 Å². The van der Waals surface area contributed by atoms with Gasteiger partial charge in [0.25, 0.3) is 5.91 Å². The van der Waals surface area contributed by atoms with Crippen LogP contribution in [0.5, 0.6) is 11.8 Å². The molecule has 2 N–H and O–H groups in total. The lowest BCUT2D eigenvalue weighted by atomic mass is 10.1. The quantitative estimate of drug-likeness (QED) is 0.549. The highest BCUT2D eigenvalue weighted by Crippen LogP contribution is 2.26. The van der Waals surface area contributed by atoms with E-state index in [4.69, 9.17) is 14.4 Å². The number of ether oxygens (including phenoxy) is 1. The van der Waals surface area contributed by atoms with Crippen LogP contribution in [0.15, 0.2) is 47.1 Å². The summed E-state index contributed by atoms with van der Waals surface area (Å²) in [6, 6.07) is 9.11. The first kappa shape index (κ1) is 22.7. The molecule has 166 valence electrons. The Labute approximate surface area is 181 Å². The molecule has 1 heterocycles. The molecule has 0 saturated carbocycles. The molecule has 3 aromatic rings. The molecular formula is C20H16F2N4O5S. The van der Waals surface area contributed by atoms with E-state index >= 15 is 0 Å². The number of carbonyl (C=O) groups is 1. The summed E-state index contributed by atoms with van der Waals surface area (Å²) in [4.78, 5) is 16.3. The molecule has 0 fully saturated rings. The molecule has 0 unspecified atom stereocenters. The number of carbonyl (C=O) groups excluding carboxylic acids is 1. The Balaban J connectivity index is 1.70. The lowest BCUT2D eigenvalue weighted by molar-refractivity contribution is 0.0934. The molecule has 1 atom stereocenters. The first-order valence-corrected chi connectivity index (χ1v) is 10.9. The van der Waals surface area contributed by atoms with Crippen molar-refractivity contribution in [3.05, 3.63) is 71.1 Å². The van der Waals surface area contributed by atoms with Crippen LogP contribution in [0.1, 0.15) is 34.6 Å². The number of aromatic nitrogens is 1. The van der Waals surface area contributed by atoms with Crippen LogP contribution in [-0.4, -0.2) is 25.6 Å². The molecule has 1 amide bonds. The molecule has 3 rings (SSSR count). The molecule has 0 aliphatic heterocycles. The largest absolute Gasteiger partial charge is 0.416 e. The number of nitriles is 1. The third-order valence-corrected chi connectivity index (χ3v) is 4.66. The number of nitrogens with one attached hydrogen (secondary N) is 2. The second-order valence-corrected chi connectivity index (χ2v) is 8.42. The number of nitrogens with zero attached hydrogens (tertiary/aromatic N) is 2. The van der Waals surface area contributed by atoms with E-state index in [1.165, 1.54) is 13.0 Å². The monoisotopic (exact) mass is 462 g/mol. The molecule has 1 aromatic heterocycles. The van der Waals surface area contributed by atoms with Crippen molar-refractivity contribution in [3.63, 3.8) is 0 Å². The van der Waals surface area contributed by atoms with Gasteiger partial charge in [-0.05, 0) is 42.8 Å². The fourth-order valence-electron chi connectivity index (χ4n) is 2.62. The van der Waals surface area contributed by atoms with E-state index in [1.54, 1.807) is 22.9 Å². The Bertz CT molecular complexity index is 1290. The van der Waals surface area contributed by atoms with Crippen LogP contribution < -0.4 is 14.8 Å². The third-order valence-electron chi connectivity index (χ3n) is 4.08. The zero-order valence-electron chi connectivity index (χ0n) is 16.7. The Morgan fingerprint density at radius 3 is 2.56 bits per heavy atom. The van der Waals surface area contributed by atoms with Gasteiger partial charge in [0.2, 0.25) is 10.0 Å². The molecule has 0 aliphatic carbocycles. The van der Waals surface area contributed by atoms with Crippen molar-refractivity contribution >= 4 is 21.6 Å². The van der Waals surface area contributed by atoms with Gasteiger partial charge in [0.1, 0.15) is 17.7 Å². The molecule has 2 aromatic carbocycles. The smallest absolute Gasteiger partial charge is 0.399 e. The van der Waals surface area contributed by atoms with Crippen LogP contribution in [0.3, 0.4) is 0 Å². The molecule has 0 aliphatic rings. The van der Waals surface area contributed by atoms with Crippen molar-refractivity contribution < 1.29 is 31.1 Å². The fraction of sp³-hybridized carbons (Fsp3) is 0.150. The highest BCUT2D eigenvalue weighted by molar-refractivity contribution is 7.92. The van der Waals surface area contributed by atoms with Gasteiger partial charge in [-0.25, -0.2) is 17.2 Å². The van der Waals surface area contributed by atoms with Crippen LogP contribution in [0, 0.1) is 23.0 Å². The molecule has 0 spiro atoms. The Kier molecular flexibility index (Phi) is 6.40. The number of amides is 1. The first-order chi connectivity index (χ1) is 15.1. The molecular weight excluding hydrogens is 446 g/mol. The number of sulfonamides is 1. The summed E-state index contributed by atoms with van der Waals surface area (Å²) in [5.41, 5.74) is -0.549. The van der Waals surface area contributed by atoms with Gasteiger partial charge in [0.05, 0.1) is 23.9 Å². The summed E-state index contributed by atoms with van der Waals surface area (Å²) in [6.07, 6.45) is 1.55. The Hall–Kier alpha value is -3.98. The van der Waals surface area contributed by atoms with E-state index in [0.717, 1.165) is 24.7 Å². The zero-order valence-corrected chi connectivity index (χ0v) is 17.5. The molecule has 0 saturated heterocycles. The molecule has 9 nitrogen and oxygen atoms in total. The molecule has 32 heavy (non-hydrogen) atoms. The zero-order chi connectivity index (χ0) is 23.5. The normalized spacial score (nSPS) is 12.0. The van der Waals surface area contributed by atoms with Crippen molar-refractivity contribution in [2.24, 2.45) is 0 Å². The summed E-state index contributed by atoms with van der Waals surface area (Å²) in [5.74, 6) is -2.70. The minimum absolute atomic E-state index is 0.0562. The predicted octanol–water partition coefficient (Wildman–Crippen LogP) is 3.48. The number of oxazole rings is 1. The van der Waals surface area contributed by atoms with Crippen LogP contribution in [-0.2, 0) is 10.0 Å². The minimum Gasteiger partial charge on any atom is -0.416 e. The average Bonchev–Trinajstić information content (AvgIpc) is 3.18. The fourth-order valence-corrected chi connectivity index (χ4v) is 3.18. The maximum Gasteiger partial charge on any atom is 0.399 e. The predicted molar refractivity (Wildman–Crippen MR) is 108 cm³/mol. The van der Waals surface area contributed by atoms with Crippen molar-refractivity contribution in [3.8, 4) is 17.9 Å². The van der Waals surface area contributed by atoms with E-state index in [0.29, 0.717) is 5.56 Å². The van der Waals surface area contributed by atoms with Crippen molar-refractivity contribution in [2.45, 2.75) is 13.0 Å². The topological polar surface area (TPSA) is 134 Å². The lowest BCUT2D eigenvalue weighted by Gasteiger charge is -2.15. The highest BCUT2D eigenvalue weighted by atomic mass is 32.2. The standard InChI is InChI=1S/C20H16F2N4O5S/c1-11(13-7-15(21)18(16(22)8-13)26-32(2,28)29)24-19(27)17-10-30-20(25-17)31-14-5-3-4-12(6-14)9-23/h3-8,10-11,26H,1-2H3,(H,24,27)/t11-/m1/s1. The molecule has 12 heteroatoms. The third kappa shape index (κ3) is 5.58. The Morgan fingerprint density at radius 1 is 1.25 bits per heavy atom. The van der Waals surface area contributed by atoms with Crippen molar-refractivity contribution in [1.29, 1.82) is 5.26 Å². The van der Waals surface area contributed by atoms with Crippen LogP contribution in [0.4, 0.5) is 14.5 Å². The number of benzene rings is 2. The van der Waals surface area contributed by atoms with Gasteiger partial charge in [0, 0.05) is 0 Å². The van der Waals surface area contributed by atoms with Crippen LogP contribution in [0.25, 0.3) is 0 Å². The van der Waals surface area contributed by atoms with E-state index in [1.807, 2.05) is 6.07 Å². The van der Waals surface area contributed by atoms with Crippen LogP contribution in [0.2, 0.25) is 0 Å². The van der Waals surface area contributed by atoms with Gasteiger partial charge in [-0.15, -0.1) is 0 Å².